The summed E-state index contributed by atoms with van der Waals surface area (Å²) >= 11 is 21.8. The number of ether oxygens (including phenoxy) is 2. The Bertz CT molecular complexity index is 607. The molecule has 0 spiro atoms. The van der Waals surface area contributed by atoms with E-state index in [0.717, 1.165) is 0 Å². The minimum Gasteiger partial charge on any atom is -0.441 e. The number of para-hydroxylation sites is 2. The van der Waals surface area contributed by atoms with Crippen molar-refractivity contribution < 1.29 is 9.47 Å². The van der Waals surface area contributed by atoms with Crippen molar-refractivity contribution in [3.05, 3.63) is 60.7 Å². The van der Waals surface area contributed by atoms with E-state index in [1.807, 2.05) is 60.7 Å². The molecule has 0 atom stereocenters. The summed E-state index contributed by atoms with van der Waals surface area (Å²) in [4.78, 5) is 0. The second kappa shape index (κ2) is 8.74. The molecule has 0 amide bonds. The Morgan fingerprint density at radius 3 is 1.38 bits per heavy atom. The molecule has 0 aromatic heterocycles. The van der Waals surface area contributed by atoms with E-state index in [1.54, 1.807) is 0 Å². The molecule has 0 aliphatic heterocycles. The van der Waals surface area contributed by atoms with Gasteiger partial charge in [-0.15, -0.1) is 0 Å². The van der Waals surface area contributed by atoms with E-state index in [1.165, 1.54) is 0 Å². The summed E-state index contributed by atoms with van der Waals surface area (Å²) in [7, 11) is 0. The second-order valence-corrected chi connectivity index (χ2v) is 13.6. The Balaban J connectivity index is 2.44. The summed E-state index contributed by atoms with van der Waals surface area (Å²) in [6.07, 6.45) is 0. The SMILES string of the molecule is BrCC(Br)(Br)C(Br)(Br)C(Br)(Oc1ccccc1)Oc1ccccc1. The third-order valence-electron chi connectivity index (χ3n) is 2.99. The smallest absolute Gasteiger partial charge is 0.337 e. The summed E-state index contributed by atoms with van der Waals surface area (Å²) in [5.41, 5.74) is 0. The van der Waals surface area contributed by atoms with Crippen molar-refractivity contribution in [2.45, 2.75) is 11.2 Å². The predicted octanol–water partition coefficient (Wildman–Crippen LogP) is 7.56. The lowest BCUT2D eigenvalue weighted by Gasteiger charge is -2.44. The zero-order chi connectivity index (χ0) is 17.8. The molecule has 0 bridgehead atoms. The highest BCUT2D eigenvalue weighted by Gasteiger charge is 2.62. The van der Waals surface area contributed by atoms with Gasteiger partial charge in [0.15, 0.2) is 3.23 Å². The Morgan fingerprint density at radius 1 is 0.667 bits per heavy atom. The van der Waals surface area contributed by atoms with Crippen molar-refractivity contribution in [1.29, 1.82) is 0 Å². The van der Waals surface area contributed by atoms with E-state index in [4.69, 9.17) is 9.47 Å². The topological polar surface area (TPSA) is 18.5 Å². The van der Waals surface area contributed by atoms with Gasteiger partial charge in [-0.3, -0.25) is 0 Å². The molecule has 0 saturated heterocycles. The van der Waals surface area contributed by atoms with Crippen molar-refractivity contribution in [2.75, 3.05) is 5.33 Å². The normalized spacial score (nSPS) is 12.8. The molecule has 0 heterocycles. The van der Waals surface area contributed by atoms with Crippen molar-refractivity contribution in [3.8, 4) is 11.5 Å². The minimum absolute atomic E-state index is 0.556. The van der Waals surface area contributed by atoms with Crippen molar-refractivity contribution in [3.63, 3.8) is 0 Å². The first-order valence-corrected chi connectivity index (χ1v) is 11.8. The molecular weight excluding hydrogens is 704 g/mol. The van der Waals surface area contributed by atoms with Crippen molar-refractivity contribution in [1.82, 2.24) is 0 Å². The summed E-state index contributed by atoms with van der Waals surface area (Å²) in [6.45, 7) is 0. The van der Waals surface area contributed by atoms with Gasteiger partial charge in [0.2, 0.25) is 0 Å². The van der Waals surface area contributed by atoms with Crippen LogP contribution in [0.3, 0.4) is 0 Å². The van der Waals surface area contributed by atoms with E-state index in [-0.39, 0.29) is 0 Å². The largest absolute Gasteiger partial charge is 0.441 e. The van der Waals surface area contributed by atoms with Crippen LogP contribution in [0.5, 0.6) is 11.5 Å². The molecule has 24 heavy (non-hydrogen) atoms. The Morgan fingerprint density at radius 2 is 1.04 bits per heavy atom. The van der Waals surface area contributed by atoms with E-state index < -0.39 is 11.2 Å². The van der Waals surface area contributed by atoms with Gasteiger partial charge >= 0.3 is 4.70 Å². The average molecular weight is 716 g/mol. The van der Waals surface area contributed by atoms with Gasteiger partial charge in [-0.05, 0) is 24.3 Å². The molecule has 2 rings (SSSR count). The molecule has 0 radical (unpaired) electrons. The van der Waals surface area contributed by atoms with Crippen LogP contribution in [0.15, 0.2) is 60.7 Å². The maximum absolute atomic E-state index is 6.18. The first-order chi connectivity index (χ1) is 11.2. The van der Waals surface area contributed by atoms with Crippen LogP contribution in [0.1, 0.15) is 0 Å². The number of hydrogen-bond donors (Lipinski definition) is 0. The highest BCUT2D eigenvalue weighted by Crippen LogP contribution is 2.58. The summed E-state index contributed by atoms with van der Waals surface area (Å²) in [5, 5.41) is 0.556. The maximum Gasteiger partial charge on any atom is 0.337 e. The van der Waals surface area contributed by atoms with Gasteiger partial charge in [-0.25, -0.2) is 0 Å². The van der Waals surface area contributed by atoms with Gasteiger partial charge in [0.25, 0.3) is 0 Å². The molecule has 0 unspecified atom stereocenters. The van der Waals surface area contributed by atoms with Gasteiger partial charge in [0, 0.05) is 21.3 Å². The van der Waals surface area contributed by atoms with E-state index >= 15 is 0 Å². The molecule has 0 fully saturated rings. The lowest BCUT2D eigenvalue weighted by molar-refractivity contribution is -0.0285. The number of alkyl halides is 6. The quantitative estimate of drug-likeness (QED) is 0.218. The Labute approximate surface area is 191 Å². The fourth-order valence-electron chi connectivity index (χ4n) is 1.73. The fourth-order valence-corrected chi connectivity index (χ4v) is 5.28. The van der Waals surface area contributed by atoms with Gasteiger partial charge in [-0.2, -0.15) is 0 Å². The minimum atomic E-state index is -1.29. The molecule has 8 heteroatoms. The predicted molar refractivity (Wildman–Crippen MR) is 121 cm³/mol. The summed E-state index contributed by atoms with van der Waals surface area (Å²) in [5.74, 6) is 1.30. The van der Waals surface area contributed by atoms with E-state index in [9.17, 15) is 0 Å². The van der Waals surface area contributed by atoms with Gasteiger partial charge in [0.1, 0.15) is 14.7 Å². The van der Waals surface area contributed by atoms with Crippen LogP contribution in [0.25, 0.3) is 0 Å². The molecule has 0 saturated carbocycles. The lowest BCUT2D eigenvalue weighted by Crippen LogP contribution is -2.58. The van der Waals surface area contributed by atoms with Crippen molar-refractivity contribution in [2.24, 2.45) is 0 Å². The van der Waals surface area contributed by atoms with E-state index in [2.05, 4.69) is 95.6 Å². The van der Waals surface area contributed by atoms with Crippen LogP contribution < -0.4 is 9.47 Å². The van der Waals surface area contributed by atoms with Crippen LogP contribution in [0.2, 0.25) is 0 Å². The monoisotopic (exact) mass is 710 g/mol. The van der Waals surface area contributed by atoms with Crippen LogP contribution >= 0.6 is 95.6 Å². The third kappa shape index (κ3) is 4.80. The van der Waals surface area contributed by atoms with Gasteiger partial charge in [0.05, 0.1) is 0 Å². The molecule has 130 valence electrons. The molecule has 0 N–H and O–H groups in total. The summed E-state index contributed by atoms with van der Waals surface area (Å²) in [6, 6.07) is 18.9. The van der Waals surface area contributed by atoms with Crippen molar-refractivity contribution >= 4 is 95.6 Å². The molecule has 2 nitrogen and oxygen atoms in total. The standard InChI is InChI=1S/C16H12Br6O2/c17-11-14(18,19)15(20,21)16(22,23-12-7-3-1-4-8-12)24-13-9-5-2-6-10-13/h1-10H,11H2. The highest BCUT2D eigenvalue weighted by atomic mass is 79.9. The first-order valence-electron chi connectivity index (χ1n) is 6.70. The number of hydrogen-bond acceptors (Lipinski definition) is 2. The number of halogens is 6. The fraction of sp³-hybridized carbons (Fsp3) is 0.250. The second-order valence-electron chi connectivity index (χ2n) is 4.78. The highest BCUT2D eigenvalue weighted by molar-refractivity contribution is 9.31. The third-order valence-corrected chi connectivity index (χ3v) is 13.6. The number of benzene rings is 2. The Hall–Kier alpha value is 0.920. The van der Waals surface area contributed by atoms with Crippen LogP contribution in [0.4, 0.5) is 0 Å². The zero-order valence-corrected chi connectivity index (χ0v) is 21.6. The van der Waals surface area contributed by atoms with Gasteiger partial charge in [-0.1, -0.05) is 116 Å². The Kier molecular flexibility index (Phi) is 7.73. The zero-order valence-electron chi connectivity index (χ0n) is 12.1. The first kappa shape index (κ1) is 21.2. The van der Waals surface area contributed by atoms with Crippen LogP contribution in [0, 0.1) is 0 Å². The average Bonchev–Trinajstić information content (AvgIpc) is 2.56. The maximum atomic E-state index is 6.18. The van der Waals surface area contributed by atoms with Gasteiger partial charge < -0.3 is 9.47 Å². The molecule has 0 aliphatic carbocycles. The molecule has 0 aliphatic rings. The molecule has 2 aromatic carbocycles. The van der Waals surface area contributed by atoms with Crippen LogP contribution in [-0.4, -0.2) is 16.5 Å². The summed E-state index contributed by atoms with van der Waals surface area (Å²) < 4.78 is 9.52. The molecule has 2 aromatic rings. The number of rotatable bonds is 7. The lowest BCUT2D eigenvalue weighted by atomic mass is 10.3. The van der Waals surface area contributed by atoms with E-state index in [0.29, 0.717) is 16.8 Å². The molecular formula is C16H12Br6O2. The van der Waals surface area contributed by atoms with Crippen LogP contribution in [-0.2, 0) is 0 Å².